The minimum atomic E-state index is -4.21. The predicted octanol–water partition coefficient (Wildman–Crippen LogP) is 5.36. The van der Waals surface area contributed by atoms with Crippen LogP contribution in [0.25, 0.3) is 11.3 Å². The fourth-order valence-electron chi connectivity index (χ4n) is 3.25. The Morgan fingerprint density at radius 2 is 1.84 bits per heavy atom. The summed E-state index contributed by atoms with van der Waals surface area (Å²) in [5.41, 5.74) is 1.54. The van der Waals surface area contributed by atoms with Gasteiger partial charge in [0.2, 0.25) is 5.88 Å². The third kappa shape index (κ3) is 6.50. The van der Waals surface area contributed by atoms with Crippen LogP contribution in [0.1, 0.15) is 32.6 Å². The van der Waals surface area contributed by atoms with Gasteiger partial charge in [-0.3, -0.25) is 9.89 Å². The molecule has 0 aliphatic heterocycles. The van der Waals surface area contributed by atoms with E-state index in [0.29, 0.717) is 29.4 Å². The van der Waals surface area contributed by atoms with Crippen molar-refractivity contribution >= 4 is 15.9 Å². The second-order valence-corrected chi connectivity index (χ2v) is 10.4. The van der Waals surface area contributed by atoms with Crippen molar-refractivity contribution in [2.24, 2.45) is 5.92 Å². The standard InChI is InChI=1S/C26H25FN4O5S.2H2/c1-16(2)15-35-21-13-18(12-19(27)14-21)23-9-8-22(25(32)31-37(33,34)24-10-11-28-30-24)26(29-23)36-20-6-4-17(3)5-7-20;;/h4-14,16H,15H2,1-3H3,(H,28,30)(H,31,32);2*1H. The highest BCUT2D eigenvalue weighted by molar-refractivity contribution is 7.90. The van der Waals surface area contributed by atoms with Gasteiger partial charge in [-0.2, -0.15) is 13.5 Å². The van der Waals surface area contributed by atoms with Crippen molar-refractivity contribution < 1.29 is 29.9 Å². The average Bonchev–Trinajstić information content (AvgIpc) is 3.40. The molecule has 0 fully saturated rings. The molecule has 2 N–H and O–H groups in total. The summed E-state index contributed by atoms with van der Waals surface area (Å²) in [6, 6.07) is 15.2. The van der Waals surface area contributed by atoms with Crippen LogP contribution in [0, 0.1) is 18.7 Å². The first kappa shape index (κ1) is 25.8. The van der Waals surface area contributed by atoms with Gasteiger partial charge < -0.3 is 9.47 Å². The van der Waals surface area contributed by atoms with Crippen LogP contribution in [0.4, 0.5) is 4.39 Å². The van der Waals surface area contributed by atoms with E-state index in [4.69, 9.17) is 9.47 Å². The van der Waals surface area contributed by atoms with Crippen molar-refractivity contribution in [2.75, 3.05) is 6.61 Å². The SMILES string of the molecule is Cc1ccc(Oc2nc(-c3cc(F)cc(OCC(C)C)c3)ccc2C(=O)NS(=O)(=O)c2ccn[nH]2)cc1.[HH].[HH]. The molecule has 0 bridgehead atoms. The number of hydrogen-bond donors (Lipinski definition) is 2. The van der Waals surface area contributed by atoms with E-state index < -0.39 is 21.7 Å². The summed E-state index contributed by atoms with van der Waals surface area (Å²) < 4.78 is 53.0. The van der Waals surface area contributed by atoms with Crippen molar-refractivity contribution in [3.8, 4) is 28.6 Å². The van der Waals surface area contributed by atoms with Crippen LogP contribution < -0.4 is 14.2 Å². The lowest BCUT2D eigenvalue weighted by molar-refractivity contribution is 0.0978. The topological polar surface area (TPSA) is 123 Å². The van der Waals surface area contributed by atoms with Crippen LogP contribution in [-0.4, -0.2) is 36.1 Å². The van der Waals surface area contributed by atoms with E-state index in [0.717, 1.165) is 5.56 Å². The first-order valence-corrected chi connectivity index (χ1v) is 12.8. The number of pyridine rings is 1. The number of aromatic nitrogens is 3. The van der Waals surface area contributed by atoms with E-state index >= 15 is 0 Å². The maximum absolute atomic E-state index is 14.4. The van der Waals surface area contributed by atoms with Gasteiger partial charge in [0.05, 0.1) is 18.5 Å². The zero-order valence-electron chi connectivity index (χ0n) is 20.4. The molecule has 0 radical (unpaired) electrons. The highest BCUT2D eigenvalue weighted by atomic mass is 32.2. The Bertz CT molecular complexity index is 1520. The number of sulfonamides is 1. The molecule has 0 saturated heterocycles. The Balaban J connectivity index is 0.00000267. The number of aryl methyl sites for hydroxylation is 1. The lowest BCUT2D eigenvalue weighted by Crippen LogP contribution is -2.31. The van der Waals surface area contributed by atoms with Gasteiger partial charge in [0.1, 0.15) is 22.9 Å². The van der Waals surface area contributed by atoms with Gasteiger partial charge in [-0.15, -0.1) is 0 Å². The number of nitrogens with one attached hydrogen (secondary N) is 2. The molecule has 0 spiro atoms. The third-order valence-electron chi connectivity index (χ3n) is 5.08. The number of nitrogens with zero attached hydrogens (tertiary/aromatic N) is 2. The molecule has 0 aliphatic carbocycles. The molecule has 0 saturated carbocycles. The van der Waals surface area contributed by atoms with E-state index in [-0.39, 0.29) is 25.2 Å². The van der Waals surface area contributed by atoms with Crippen LogP contribution >= 0.6 is 0 Å². The third-order valence-corrected chi connectivity index (χ3v) is 6.34. The van der Waals surface area contributed by atoms with E-state index in [1.807, 2.05) is 37.6 Å². The largest absolute Gasteiger partial charge is 0.493 e. The molecular weight excluding hydrogens is 499 g/mol. The smallest absolute Gasteiger partial charge is 0.281 e. The van der Waals surface area contributed by atoms with E-state index in [2.05, 4.69) is 15.2 Å². The molecule has 2 heterocycles. The fourth-order valence-corrected chi connectivity index (χ4v) is 4.13. The monoisotopic (exact) mass is 528 g/mol. The maximum atomic E-state index is 14.4. The zero-order chi connectivity index (χ0) is 26.6. The molecule has 0 unspecified atom stereocenters. The summed E-state index contributed by atoms with van der Waals surface area (Å²) in [5, 5.41) is 5.63. The summed E-state index contributed by atoms with van der Waals surface area (Å²) >= 11 is 0. The van der Waals surface area contributed by atoms with Crippen molar-refractivity contribution in [3.63, 3.8) is 0 Å². The summed E-state index contributed by atoms with van der Waals surface area (Å²) in [6.45, 7) is 6.27. The molecule has 0 aliphatic rings. The fraction of sp³-hybridized carbons (Fsp3) is 0.192. The second-order valence-electron chi connectivity index (χ2n) is 8.70. The average molecular weight is 529 g/mol. The molecule has 11 heteroatoms. The minimum Gasteiger partial charge on any atom is -0.493 e. The Morgan fingerprint density at radius 1 is 1.08 bits per heavy atom. The van der Waals surface area contributed by atoms with Crippen molar-refractivity contribution in [1.29, 1.82) is 0 Å². The number of H-pyrrole nitrogens is 1. The maximum Gasteiger partial charge on any atom is 0.281 e. The van der Waals surface area contributed by atoms with Gasteiger partial charge in [-0.1, -0.05) is 31.5 Å². The summed E-state index contributed by atoms with van der Waals surface area (Å²) in [7, 11) is -4.21. The van der Waals surface area contributed by atoms with E-state index in [9.17, 15) is 17.6 Å². The van der Waals surface area contributed by atoms with Crippen LogP contribution in [0.2, 0.25) is 0 Å². The van der Waals surface area contributed by atoms with Gasteiger partial charge >= 0.3 is 0 Å². The van der Waals surface area contributed by atoms with E-state index in [1.54, 1.807) is 18.2 Å². The van der Waals surface area contributed by atoms with Crippen LogP contribution in [0.15, 0.2) is 71.9 Å². The summed E-state index contributed by atoms with van der Waals surface area (Å²) in [4.78, 5) is 17.4. The van der Waals surface area contributed by atoms with Gasteiger partial charge in [0.15, 0.2) is 5.03 Å². The first-order valence-electron chi connectivity index (χ1n) is 11.4. The number of carbonyl (C=O) groups is 1. The number of hydrogen-bond acceptors (Lipinski definition) is 7. The Morgan fingerprint density at radius 3 is 2.51 bits per heavy atom. The first-order chi connectivity index (χ1) is 17.6. The Kier molecular flexibility index (Phi) is 7.53. The highest BCUT2D eigenvalue weighted by Gasteiger charge is 2.24. The second kappa shape index (κ2) is 10.8. The molecular formula is C26H29FN4O5S. The lowest BCUT2D eigenvalue weighted by Gasteiger charge is -2.14. The molecule has 4 rings (SSSR count). The quantitative estimate of drug-likeness (QED) is 0.300. The number of aromatic amines is 1. The molecule has 0 atom stereocenters. The molecule has 37 heavy (non-hydrogen) atoms. The summed E-state index contributed by atoms with van der Waals surface area (Å²) in [5.74, 6) is -0.690. The van der Waals surface area contributed by atoms with Crippen molar-refractivity contribution in [2.45, 2.75) is 25.8 Å². The van der Waals surface area contributed by atoms with Gasteiger partial charge in [-0.25, -0.2) is 14.1 Å². The van der Waals surface area contributed by atoms with Crippen molar-refractivity contribution in [1.82, 2.24) is 19.9 Å². The molecule has 2 aromatic carbocycles. The normalized spacial score (nSPS) is 11.4. The number of rotatable bonds is 9. The van der Waals surface area contributed by atoms with Crippen LogP contribution in [-0.2, 0) is 10.0 Å². The van der Waals surface area contributed by atoms with Crippen LogP contribution in [0.5, 0.6) is 17.4 Å². The highest BCUT2D eigenvalue weighted by Crippen LogP contribution is 2.30. The van der Waals surface area contributed by atoms with E-state index in [1.165, 1.54) is 36.5 Å². The number of halogens is 1. The molecule has 1 amide bonds. The van der Waals surface area contributed by atoms with Gasteiger partial charge in [0.25, 0.3) is 15.9 Å². The van der Waals surface area contributed by atoms with Crippen LogP contribution in [0.3, 0.4) is 0 Å². The minimum absolute atomic E-state index is 0. The number of amides is 1. The Labute approximate surface area is 216 Å². The van der Waals surface area contributed by atoms with Crippen molar-refractivity contribution in [3.05, 3.63) is 83.8 Å². The zero-order valence-corrected chi connectivity index (χ0v) is 21.2. The molecule has 196 valence electrons. The molecule has 9 nitrogen and oxygen atoms in total. The Hall–Kier alpha value is -4.25. The summed E-state index contributed by atoms with van der Waals surface area (Å²) in [6.07, 6.45) is 1.25. The van der Waals surface area contributed by atoms with Gasteiger partial charge in [-0.05, 0) is 55.3 Å². The van der Waals surface area contributed by atoms with Gasteiger partial charge in [0, 0.05) is 14.5 Å². The lowest BCUT2D eigenvalue weighted by atomic mass is 10.1. The number of benzene rings is 2. The number of carbonyl (C=O) groups excluding carboxylic acids is 1. The predicted molar refractivity (Wildman–Crippen MR) is 139 cm³/mol. The molecule has 2 aromatic heterocycles. The number of ether oxygens (including phenoxy) is 2. The molecule has 4 aromatic rings.